The monoisotopic (exact) mass is 619 g/mol. The zero-order valence-electron chi connectivity index (χ0n) is 22.7. The van der Waals surface area contributed by atoms with E-state index in [9.17, 15) is 19.2 Å². The number of hydrazone groups is 1. The van der Waals surface area contributed by atoms with Crippen molar-refractivity contribution in [1.29, 1.82) is 0 Å². The third-order valence-corrected chi connectivity index (χ3v) is 6.20. The Balaban J connectivity index is 1.40. The molecule has 4 aromatic carbocycles. The summed E-state index contributed by atoms with van der Waals surface area (Å²) in [5, 5.41) is 7.56. The number of carbonyl (C=O) groups excluding carboxylic acids is 4. The molecule has 0 saturated carbocycles. The van der Waals surface area contributed by atoms with Gasteiger partial charge in [-0.25, -0.2) is 10.2 Å². The molecule has 0 atom stereocenters. The average Bonchev–Trinajstić information content (AvgIpc) is 2.99. The lowest BCUT2D eigenvalue weighted by Crippen LogP contribution is -2.18. The fraction of sp³-hybridized carbons (Fsp3) is 0.0645. The fourth-order valence-corrected chi connectivity index (χ4v) is 3.95. The summed E-state index contributed by atoms with van der Waals surface area (Å²) in [4.78, 5) is 49.1. The van der Waals surface area contributed by atoms with Crippen molar-refractivity contribution < 1.29 is 33.4 Å². The van der Waals surface area contributed by atoms with Crippen molar-refractivity contribution in [2.45, 2.75) is 6.92 Å². The summed E-state index contributed by atoms with van der Waals surface area (Å²) in [6, 6.07) is 21.4. The van der Waals surface area contributed by atoms with E-state index in [0.29, 0.717) is 26.9 Å². The molecule has 0 aromatic heterocycles. The molecule has 0 aliphatic carbocycles. The highest BCUT2D eigenvalue weighted by atomic mass is 35.5. The van der Waals surface area contributed by atoms with Crippen LogP contribution in [0.5, 0.6) is 17.2 Å². The van der Waals surface area contributed by atoms with Gasteiger partial charge in [-0.05, 0) is 84.9 Å². The predicted molar refractivity (Wildman–Crippen MR) is 162 cm³/mol. The van der Waals surface area contributed by atoms with Crippen LogP contribution in [0.1, 0.15) is 43.6 Å². The minimum Gasteiger partial charge on any atom is -0.493 e. The number of carbonyl (C=O) groups is 4. The van der Waals surface area contributed by atoms with Gasteiger partial charge in [0.05, 0.1) is 18.9 Å². The fourth-order valence-electron chi connectivity index (χ4n) is 3.64. The number of nitrogens with one attached hydrogen (secondary N) is 2. The molecule has 4 aromatic rings. The maximum atomic E-state index is 12.8. The minimum absolute atomic E-state index is 0.121. The highest BCUT2D eigenvalue weighted by Gasteiger charge is 2.16. The van der Waals surface area contributed by atoms with E-state index in [2.05, 4.69) is 15.8 Å². The van der Waals surface area contributed by atoms with E-state index < -0.39 is 17.8 Å². The first-order valence-electron chi connectivity index (χ1n) is 12.5. The van der Waals surface area contributed by atoms with Gasteiger partial charge < -0.3 is 19.5 Å². The van der Waals surface area contributed by atoms with Crippen LogP contribution in [-0.2, 0) is 4.79 Å². The second kappa shape index (κ2) is 14.1. The van der Waals surface area contributed by atoms with Gasteiger partial charge in [0.15, 0.2) is 11.5 Å². The molecule has 0 aliphatic rings. The molecule has 0 heterocycles. The Morgan fingerprint density at radius 1 is 0.698 bits per heavy atom. The van der Waals surface area contributed by atoms with Crippen LogP contribution >= 0.6 is 23.2 Å². The minimum atomic E-state index is -0.725. The zero-order valence-corrected chi connectivity index (χ0v) is 24.2. The summed E-state index contributed by atoms with van der Waals surface area (Å²) >= 11 is 12.0. The van der Waals surface area contributed by atoms with Crippen LogP contribution in [0, 0.1) is 0 Å². The number of benzene rings is 4. The molecular weight excluding hydrogens is 597 g/mol. The number of halogens is 2. The molecule has 0 unspecified atom stereocenters. The zero-order chi connectivity index (χ0) is 30.9. The molecule has 12 heteroatoms. The van der Waals surface area contributed by atoms with E-state index in [-0.39, 0.29) is 34.3 Å². The smallest absolute Gasteiger partial charge is 0.343 e. The van der Waals surface area contributed by atoms with Gasteiger partial charge in [0.2, 0.25) is 0 Å². The molecule has 0 fully saturated rings. The Bertz CT molecular complexity index is 1710. The first-order valence-corrected chi connectivity index (χ1v) is 13.3. The summed E-state index contributed by atoms with van der Waals surface area (Å²) in [6.45, 7) is 1.25. The summed E-state index contributed by atoms with van der Waals surface area (Å²) < 4.78 is 15.8. The maximum Gasteiger partial charge on any atom is 0.343 e. The van der Waals surface area contributed by atoms with Gasteiger partial charge in [-0.2, -0.15) is 5.10 Å². The van der Waals surface area contributed by atoms with Crippen molar-refractivity contribution in [3.8, 4) is 17.2 Å². The third-order valence-electron chi connectivity index (χ3n) is 5.71. The van der Waals surface area contributed by atoms with Gasteiger partial charge in [0.1, 0.15) is 5.75 Å². The van der Waals surface area contributed by atoms with Crippen LogP contribution in [0.4, 0.5) is 5.69 Å². The third kappa shape index (κ3) is 8.41. The first kappa shape index (κ1) is 30.8. The van der Waals surface area contributed by atoms with Crippen molar-refractivity contribution in [2.24, 2.45) is 5.10 Å². The van der Waals surface area contributed by atoms with E-state index in [1.165, 1.54) is 68.8 Å². The molecule has 43 heavy (non-hydrogen) atoms. The highest BCUT2D eigenvalue weighted by molar-refractivity contribution is 6.31. The van der Waals surface area contributed by atoms with Crippen molar-refractivity contribution in [3.05, 3.63) is 117 Å². The van der Waals surface area contributed by atoms with E-state index in [4.69, 9.17) is 37.4 Å². The van der Waals surface area contributed by atoms with E-state index in [1.54, 1.807) is 36.4 Å². The number of nitrogens with zero attached hydrogens (tertiary/aromatic N) is 1. The number of rotatable bonds is 9. The molecule has 2 amide bonds. The highest BCUT2D eigenvalue weighted by Crippen LogP contribution is 2.29. The predicted octanol–water partition coefficient (Wildman–Crippen LogP) is 6.16. The summed E-state index contributed by atoms with van der Waals surface area (Å²) in [6.07, 6.45) is 1.28. The lowest BCUT2D eigenvalue weighted by Gasteiger charge is -2.11. The Morgan fingerprint density at radius 2 is 1.30 bits per heavy atom. The van der Waals surface area contributed by atoms with Crippen LogP contribution in [0.3, 0.4) is 0 Å². The first-order chi connectivity index (χ1) is 20.6. The number of methoxy groups -OCH3 is 1. The van der Waals surface area contributed by atoms with Crippen molar-refractivity contribution in [3.63, 3.8) is 0 Å². The molecule has 0 bridgehead atoms. The van der Waals surface area contributed by atoms with Crippen LogP contribution in [-0.4, -0.2) is 37.1 Å². The van der Waals surface area contributed by atoms with Gasteiger partial charge in [0.25, 0.3) is 11.8 Å². The number of amides is 2. The van der Waals surface area contributed by atoms with E-state index >= 15 is 0 Å². The molecular formula is C31H23Cl2N3O7. The topological polar surface area (TPSA) is 132 Å². The van der Waals surface area contributed by atoms with Gasteiger partial charge >= 0.3 is 11.9 Å². The quantitative estimate of drug-likeness (QED) is 0.0991. The van der Waals surface area contributed by atoms with Crippen molar-refractivity contribution in [1.82, 2.24) is 5.43 Å². The second-order valence-electron chi connectivity index (χ2n) is 8.77. The second-order valence-corrected chi connectivity index (χ2v) is 9.64. The Labute approximate surface area is 256 Å². The standard InChI is InChI=1S/C31H23Cl2N3O7/c1-18(37)42-27-13-7-21(16-28(27)41-2)31(40)43-26-14-10-24(33)15-22(26)17-34-36-30(39)20-5-11-25(12-6-20)35-29(38)19-3-8-23(32)9-4-19/h3-17H,1-2H3,(H,35,38)(H,36,39)/b34-17+. The number of hydrogen-bond acceptors (Lipinski definition) is 8. The van der Waals surface area contributed by atoms with E-state index in [1.807, 2.05) is 0 Å². The maximum absolute atomic E-state index is 12.8. The normalized spacial score (nSPS) is 10.6. The molecule has 218 valence electrons. The molecule has 0 aliphatic heterocycles. The lowest BCUT2D eigenvalue weighted by molar-refractivity contribution is -0.132. The van der Waals surface area contributed by atoms with Crippen LogP contribution < -0.4 is 25.0 Å². The number of esters is 2. The van der Waals surface area contributed by atoms with Crippen molar-refractivity contribution >= 4 is 58.9 Å². The summed E-state index contributed by atoms with van der Waals surface area (Å²) in [5.41, 5.74) is 4.04. The molecule has 4 rings (SSSR count). The Hall–Kier alpha value is -5.19. The lowest BCUT2D eigenvalue weighted by atomic mass is 10.1. The Morgan fingerprint density at radius 3 is 1.98 bits per heavy atom. The van der Waals surface area contributed by atoms with Crippen LogP contribution in [0.2, 0.25) is 10.0 Å². The number of ether oxygens (including phenoxy) is 3. The molecule has 10 nitrogen and oxygen atoms in total. The van der Waals surface area contributed by atoms with Crippen molar-refractivity contribution in [2.75, 3.05) is 12.4 Å². The molecule has 0 spiro atoms. The van der Waals surface area contributed by atoms with Gasteiger partial charge in [-0.1, -0.05) is 23.2 Å². The number of hydrogen-bond donors (Lipinski definition) is 2. The SMILES string of the molecule is COc1cc(C(=O)Oc2ccc(Cl)cc2/C=N/NC(=O)c2ccc(NC(=O)c3ccc(Cl)cc3)cc2)ccc1OC(C)=O. The van der Waals surface area contributed by atoms with Gasteiger partial charge in [-0.15, -0.1) is 0 Å². The molecule has 0 radical (unpaired) electrons. The largest absolute Gasteiger partial charge is 0.493 e. The average molecular weight is 620 g/mol. The Kier molecular flexibility index (Phi) is 10.1. The van der Waals surface area contributed by atoms with Gasteiger partial charge in [-0.3, -0.25) is 14.4 Å². The molecule has 2 N–H and O–H groups in total. The molecule has 0 saturated heterocycles. The summed E-state index contributed by atoms with van der Waals surface area (Å²) in [7, 11) is 1.37. The van der Waals surface area contributed by atoms with Gasteiger partial charge in [0, 0.05) is 39.3 Å². The van der Waals surface area contributed by atoms with Crippen LogP contribution in [0.25, 0.3) is 0 Å². The number of anilines is 1. The van der Waals surface area contributed by atoms with E-state index in [0.717, 1.165) is 0 Å². The summed E-state index contributed by atoms with van der Waals surface area (Å²) in [5.74, 6) is -1.67. The van der Waals surface area contributed by atoms with Crippen LogP contribution in [0.15, 0.2) is 90.0 Å².